The average molecular weight is 283 g/mol. The Morgan fingerprint density at radius 2 is 2.17 bits per heavy atom. The predicted molar refractivity (Wildman–Crippen MR) is 73.3 cm³/mol. The van der Waals surface area contributed by atoms with E-state index in [0.717, 1.165) is 14.9 Å². The van der Waals surface area contributed by atoms with Gasteiger partial charge in [-0.1, -0.05) is 35.2 Å². The summed E-state index contributed by atoms with van der Waals surface area (Å²) >= 11 is 3.06. The summed E-state index contributed by atoms with van der Waals surface area (Å²) in [7, 11) is 0. The second-order valence-electron chi connectivity index (χ2n) is 4.04. The third-order valence-electron chi connectivity index (χ3n) is 2.39. The van der Waals surface area contributed by atoms with Crippen molar-refractivity contribution >= 4 is 23.1 Å². The Kier molecular flexibility index (Phi) is 4.31. The summed E-state index contributed by atoms with van der Waals surface area (Å²) in [6.45, 7) is 3.82. The number of aryl methyl sites for hydroxylation is 1. The molecule has 6 heteroatoms. The molecule has 0 aliphatic carbocycles. The van der Waals surface area contributed by atoms with Crippen molar-refractivity contribution in [3.63, 3.8) is 0 Å². The van der Waals surface area contributed by atoms with E-state index in [2.05, 4.69) is 10.2 Å². The zero-order valence-electron chi connectivity index (χ0n) is 10.1. The molecule has 3 nitrogen and oxygen atoms in total. The molecule has 0 aliphatic rings. The first-order valence-corrected chi connectivity index (χ1v) is 7.23. The summed E-state index contributed by atoms with van der Waals surface area (Å²) in [4.78, 5) is 0. The van der Waals surface area contributed by atoms with E-state index in [1.807, 2.05) is 19.9 Å². The highest BCUT2D eigenvalue weighted by Crippen LogP contribution is 2.38. The highest BCUT2D eigenvalue weighted by Gasteiger charge is 2.20. The van der Waals surface area contributed by atoms with E-state index in [1.165, 1.54) is 35.2 Å². The first-order valence-electron chi connectivity index (χ1n) is 5.54. The minimum Gasteiger partial charge on any atom is -0.327 e. The van der Waals surface area contributed by atoms with E-state index < -0.39 is 0 Å². The van der Waals surface area contributed by atoms with Gasteiger partial charge in [-0.25, -0.2) is 4.39 Å². The maximum atomic E-state index is 13.3. The number of halogens is 1. The van der Waals surface area contributed by atoms with E-state index in [9.17, 15) is 4.39 Å². The van der Waals surface area contributed by atoms with Crippen LogP contribution in [0.5, 0.6) is 0 Å². The Morgan fingerprint density at radius 1 is 1.39 bits per heavy atom. The molecule has 0 fully saturated rings. The van der Waals surface area contributed by atoms with Crippen LogP contribution in [-0.2, 0) is 0 Å². The van der Waals surface area contributed by atoms with Crippen molar-refractivity contribution in [2.45, 2.75) is 29.5 Å². The first-order chi connectivity index (χ1) is 8.56. The quantitative estimate of drug-likeness (QED) is 0.876. The van der Waals surface area contributed by atoms with Gasteiger partial charge in [0, 0.05) is 6.04 Å². The Balaban J connectivity index is 2.23. The topological polar surface area (TPSA) is 51.8 Å². The largest absolute Gasteiger partial charge is 0.327 e. The molecule has 2 unspecified atom stereocenters. The van der Waals surface area contributed by atoms with Gasteiger partial charge in [0.2, 0.25) is 0 Å². The first kappa shape index (κ1) is 13.5. The van der Waals surface area contributed by atoms with Gasteiger partial charge in [-0.05, 0) is 31.5 Å². The van der Waals surface area contributed by atoms with Gasteiger partial charge < -0.3 is 5.73 Å². The van der Waals surface area contributed by atoms with Gasteiger partial charge in [0.25, 0.3) is 0 Å². The van der Waals surface area contributed by atoms with Gasteiger partial charge in [0.05, 0.1) is 5.25 Å². The van der Waals surface area contributed by atoms with Crippen LogP contribution in [0, 0.1) is 12.7 Å². The lowest BCUT2D eigenvalue weighted by Crippen LogP contribution is -2.22. The fourth-order valence-electron chi connectivity index (χ4n) is 1.60. The van der Waals surface area contributed by atoms with Crippen molar-refractivity contribution in [2.24, 2.45) is 5.73 Å². The van der Waals surface area contributed by atoms with E-state index in [1.54, 1.807) is 6.07 Å². The number of nitrogens with zero attached hydrogens (tertiary/aromatic N) is 2. The van der Waals surface area contributed by atoms with Crippen LogP contribution in [0.4, 0.5) is 4.39 Å². The van der Waals surface area contributed by atoms with Crippen LogP contribution in [0.1, 0.15) is 22.7 Å². The van der Waals surface area contributed by atoms with Crippen LogP contribution in [0.25, 0.3) is 0 Å². The lowest BCUT2D eigenvalue weighted by atomic mass is 10.1. The molecule has 1 aromatic carbocycles. The van der Waals surface area contributed by atoms with E-state index in [0.29, 0.717) is 0 Å². The van der Waals surface area contributed by atoms with Crippen molar-refractivity contribution < 1.29 is 4.39 Å². The van der Waals surface area contributed by atoms with Crippen LogP contribution < -0.4 is 5.73 Å². The van der Waals surface area contributed by atoms with Gasteiger partial charge in [-0.2, -0.15) is 0 Å². The molecule has 0 spiro atoms. The standard InChI is InChI=1S/C12H14FN3S2/c1-7(14)11(9-4-3-5-10(13)6-9)18-12-16-15-8(2)17-12/h3-7,11H,14H2,1-2H3. The number of rotatable bonds is 4. The Morgan fingerprint density at radius 3 is 2.72 bits per heavy atom. The molecular weight excluding hydrogens is 269 g/mol. The third-order valence-corrected chi connectivity index (χ3v) is 4.80. The zero-order valence-corrected chi connectivity index (χ0v) is 11.8. The second kappa shape index (κ2) is 5.77. The van der Waals surface area contributed by atoms with Gasteiger partial charge in [0.1, 0.15) is 10.8 Å². The molecule has 1 aromatic heterocycles. The van der Waals surface area contributed by atoms with Crippen molar-refractivity contribution in [1.29, 1.82) is 0 Å². The monoisotopic (exact) mass is 283 g/mol. The number of thioether (sulfide) groups is 1. The maximum Gasteiger partial charge on any atom is 0.174 e. The number of nitrogens with two attached hydrogens (primary N) is 1. The van der Waals surface area contributed by atoms with Gasteiger partial charge >= 0.3 is 0 Å². The Labute approximate surface area is 114 Å². The van der Waals surface area contributed by atoms with Crippen LogP contribution in [0.2, 0.25) is 0 Å². The number of hydrogen-bond donors (Lipinski definition) is 1. The molecule has 0 radical (unpaired) electrons. The SMILES string of the molecule is Cc1nnc(SC(c2cccc(F)c2)C(C)N)s1. The van der Waals surface area contributed by atoms with Gasteiger partial charge in [-0.15, -0.1) is 10.2 Å². The van der Waals surface area contributed by atoms with Crippen LogP contribution in [-0.4, -0.2) is 16.2 Å². The smallest absolute Gasteiger partial charge is 0.174 e. The van der Waals surface area contributed by atoms with Gasteiger partial charge in [-0.3, -0.25) is 0 Å². The van der Waals surface area contributed by atoms with Crippen molar-refractivity contribution in [1.82, 2.24) is 10.2 Å². The summed E-state index contributed by atoms with van der Waals surface area (Å²) in [5.41, 5.74) is 6.86. The van der Waals surface area contributed by atoms with E-state index in [-0.39, 0.29) is 17.1 Å². The summed E-state index contributed by atoms with van der Waals surface area (Å²) in [5.74, 6) is -0.243. The lowest BCUT2D eigenvalue weighted by molar-refractivity contribution is 0.622. The molecule has 0 saturated heterocycles. The second-order valence-corrected chi connectivity index (χ2v) is 6.61. The van der Waals surface area contributed by atoms with E-state index in [4.69, 9.17) is 5.73 Å². The summed E-state index contributed by atoms with van der Waals surface area (Å²) < 4.78 is 14.1. The number of aromatic nitrogens is 2. The van der Waals surface area contributed by atoms with Crippen LogP contribution in [0.15, 0.2) is 28.6 Å². The zero-order chi connectivity index (χ0) is 13.1. The van der Waals surface area contributed by atoms with Crippen LogP contribution in [0.3, 0.4) is 0 Å². The van der Waals surface area contributed by atoms with Crippen molar-refractivity contribution in [2.75, 3.05) is 0 Å². The molecule has 18 heavy (non-hydrogen) atoms. The molecule has 2 aromatic rings. The minimum absolute atomic E-state index is 0.0203. The highest BCUT2D eigenvalue weighted by atomic mass is 32.2. The maximum absolute atomic E-state index is 13.3. The molecule has 2 rings (SSSR count). The molecule has 96 valence electrons. The fourth-order valence-corrected chi connectivity index (χ4v) is 3.68. The van der Waals surface area contributed by atoms with Crippen molar-refractivity contribution in [3.8, 4) is 0 Å². The molecule has 0 bridgehead atoms. The predicted octanol–water partition coefficient (Wildman–Crippen LogP) is 3.17. The number of benzene rings is 1. The molecule has 0 saturated carbocycles. The summed E-state index contributed by atoms with van der Waals surface area (Å²) in [6.07, 6.45) is 0. The Bertz CT molecular complexity index is 528. The lowest BCUT2D eigenvalue weighted by Gasteiger charge is -2.19. The number of hydrogen-bond acceptors (Lipinski definition) is 5. The molecule has 2 N–H and O–H groups in total. The average Bonchev–Trinajstić information content (AvgIpc) is 2.71. The summed E-state index contributed by atoms with van der Waals surface area (Å²) in [5, 5.41) is 8.94. The molecule has 1 heterocycles. The third kappa shape index (κ3) is 3.28. The summed E-state index contributed by atoms with van der Waals surface area (Å²) in [6, 6.07) is 6.45. The minimum atomic E-state index is -0.243. The fraction of sp³-hybridized carbons (Fsp3) is 0.333. The molecule has 0 amide bonds. The highest BCUT2D eigenvalue weighted by molar-refractivity contribution is 8.01. The van der Waals surface area contributed by atoms with Crippen LogP contribution >= 0.6 is 23.1 Å². The van der Waals surface area contributed by atoms with Crippen molar-refractivity contribution in [3.05, 3.63) is 40.7 Å². The molecule has 0 aliphatic heterocycles. The van der Waals surface area contributed by atoms with E-state index >= 15 is 0 Å². The normalized spacial score (nSPS) is 14.4. The molecule has 2 atom stereocenters. The molecular formula is C12H14FN3S2. The van der Waals surface area contributed by atoms with Gasteiger partial charge in [0.15, 0.2) is 4.34 Å². The Hall–Kier alpha value is -0.980.